The van der Waals surface area contributed by atoms with Gasteiger partial charge in [0, 0.05) is 36.6 Å². The zero-order valence-corrected chi connectivity index (χ0v) is 18.7. The molecule has 0 saturated carbocycles. The van der Waals surface area contributed by atoms with Crippen molar-refractivity contribution in [1.82, 2.24) is 20.0 Å². The van der Waals surface area contributed by atoms with Crippen LogP contribution in [-0.2, 0) is 6.18 Å². The largest absolute Gasteiger partial charge is 0.416 e. The Labute approximate surface area is 198 Å². The van der Waals surface area contributed by atoms with Gasteiger partial charge in [-0.05, 0) is 55.5 Å². The molecule has 2 fully saturated rings. The first-order valence-electron chi connectivity index (χ1n) is 11.5. The molecule has 35 heavy (non-hydrogen) atoms. The third-order valence-electron chi connectivity index (χ3n) is 6.97. The lowest BCUT2D eigenvalue weighted by atomic mass is 9.83. The highest BCUT2D eigenvalue weighted by molar-refractivity contribution is 6.05. The number of hydrogen-bond acceptors (Lipinski definition) is 4. The number of hydrogen-bond donors (Lipinski definition) is 1. The Morgan fingerprint density at radius 2 is 1.66 bits per heavy atom. The van der Waals surface area contributed by atoms with Crippen molar-refractivity contribution in [3.8, 4) is 0 Å². The Morgan fingerprint density at radius 1 is 0.943 bits per heavy atom. The lowest BCUT2D eigenvalue weighted by molar-refractivity contribution is -0.137. The zero-order chi connectivity index (χ0) is 24.7. The molecule has 2 aliphatic rings. The second kappa shape index (κ2) is 8.83. The number of H-pyrrole nitrogens is 1. The molecule has 7 nitrogen and oxygen atoms in total. The molecule has 0 spiro atoms. The average molecular weight is 484 g/mol. The van der Waals surface area contributed by atoms with Gasteiger partial charge in [0.2, 0.25) is 0 Å². The molecular weight excluding hydrogens is 461 g/mol. The average Bonchev–Trinajstić information content (AvgIpc) is 2.87. The lowest BCUT2D eigenvalue weighted by Gasteiger charge is -2.47. The van der Waals surface area contributed by atoms with Gasteiger partial charge in [-0.2, -0.15) is 18.3 Å². The topological polar surface area (TPSA) is 86.4 Å². The highest BCUT2D eigenvalue weighted by atomic mass is 19.4. The van der Waals surface area contributed by atoms with E-state index in [0.29, 0.717) is 36.8 Å². The number of halogens is 3. The van der Waals surface area contributed by atoms with Crippen LogP contribution >= 0.6 is 0 Å². The van der Waals surface area contributed by atoms with E-state index in [-0.39, 0.29) is 40.6 Å². The number of fused-ring (bicyclic) bond motifs is 2. The molecule has 0 radical (unpaired) electrons. The van der Waals surface area contributed by atoms with Crippen LogP contribution < -0.4 is 5.56 Å². The maximum atomic E-state index is 13.5. The maximum Gasteiger partial charge on any atom is 0.416 e. The fourth-order valence-electron chi connectivity index (χ4n) is 5.24. The fourth-order valence-corrected chi connectivity index (χ4v) is 5.24. The summed E-state index contributed by atoms with van der Waals surface area (Å²) < 4.78 is 38.5. The van der Waals surface area contributed by atoms with Crippen molar-refractivity contribution >= 4 is 22.6 Å². The number of carbonyl (C=O) groups excluding carboxylic acids is 2. The molecule has 5 rings (SSSR count). The molecule has 0 aliphatic carbocycles. The van der Waals surface area contributed by atoms with Crippen LogP contribution in [0.5, 0.6) is 0 Å². The molecule has 182 valence electrons. The normalized spacial score (nSPS) is 20.5. The number of alkyl halides is 3. The molecule has 3 heterocycles. The van der Waals surface area contributed by atoms with Crippen LogP contribution in [0, 0.1) is 5.92 Å². The van der Waals surface area contributed by atoms with Gasteiger partial charge in [0.1, 0.15) is 0 Å². The number of benzene rings is 2. The van der Waals surface area contributed by atoms with Crippen molar-refractivity contribution in [3.63, 3.8) is 0 Å². The van der Waals surface area contributed by atoms with Gasteiger partial charge in [0.05, 0.1) is 10.9 Å². The number of aromatic nitrogens is 2. The molecule has 3 aromatic rings. The van der Waals surface area contributed by atoms with Gasteiger partial charge in [0.25, 0.3) is 17.4 Å². The van der Waals surface area contributed by atoms with Crippen LogP contribution in [-0.4, -0.2) is 57.5 Å². The molecule has 2 aromatic carbocycles. The van der Waals surface area contributed by atoms with Crippen LogP contribution in [0.2, 0.25) is 0 Å². The summed E-state index contributed by atoms with van der Waals surface area (Å²) in [7, 11) is 0. The Bertz CT molecular complexity index is 1340. The first kappa shape index (κ1) is 23.1. The van der Waals surface area contributed by atoms with Crippen molar-refractivity contribution in [2.75, 3.05) is 19.6 Å². The number of amides is 2. The van der Waals surface area contributed by atoms with E-state index in [1.54, 1.807) is 34.1 Å². The van der Waals surface area contributed by atoms with Crippen LogP contribution in [0.4, 0.5) is 13.2 Å². The minimum Gasteiger partial charge on any atom is -0.338 e. The first-order chi connectivity index (χ1) is 16.7. The summed E-state index contributed by atoms with van der Waals surface area (Å²) in [4.78, 5) is 42.0. The fraction of sp³-hybridized carbons (Fsp3) is 0.360. The molecule has 2 saturated heterocycles. The summed E-state index contributed by atoms with van der Waals surface area (Å²) in [5, 5.41) is 7.36. The molecule has 0 bridgehead atoms. The number of likely N-dealkylation sites (tertiary alicyclic amines) is 2. The lowest BCUT2D eigenvalue weighted by Crippen LogP contribution is -2.56. The van der Waals surface area contributed by atoms with Gasteiger partial charge in [0.15, 0.2) is 5.69 Å². The van der Waals surface area contributed by atoms with Gasteiger partial charge in [-0.1, -0.05) is 18.2 Å². The monoisotopic (exact) mass is 484 g/mol. The van der Waals surface area contributed by atoms with E-state index in [4.69, 9.17) is 0 Å². The molecule has 2 amide bonds. The second-order valence-corrected chi connectivity index (χ2v) is 9.03. The van der Waals surface area contributed by atoms with Crippen LogP contribution in [0.1, 0.15) is 45.7 Å². The van der Waals surface area contributed by atoms with Crippen LogP contribution in [0.15, 0.2) is 53.3 Å². The Balaban J connectivity index is 1.33. The molecule has 0 unspecified atom stereocenters. The van der Waals surface area contributed by atoms with E-state index >= 15 is 0 Å². The van der Waals surface area contributed by atoms with E-state index in [1.165, 1.54) is 12.1 Å². The van der Waals surface area contributed by atoms with E-state index in [1.807, 2.05) is 0 Å². The third kappa shape index (κ3) is 4.28. The maximum absolute atomic E-state index is 13.5. The summed E-state index contributed by atoms with van der Waals surface area (Å²) in [5.41, 5.74) is -0.741. The Hall–Kier alpha value is -3.69. The summed E-state index contributed by atoms with van der Waals surface area (Å²) in [6.45, 7) is 1.38. The van der Waals surface area contributed by atoms with Crippen molar-refractivity contribution < 1.29 is 22.8 Å². The third-order valence-corrected chi connectivity index (χ3v) is 6.97. The molecule has 1 aromatic heterocycles. The van der Waals surface area contributed by atoms with E-state index in [9.17, 15) is 27.6 Å². The second-order valence-electron chi connectivity index (χ2n) is 9.03. The minimum atomic E-state index is -4.45. The van der Waals surface area contributed by atoms with Crippen molar-refractivity contribution in [2.45, 2.75) is 31.5 Å². The van der Waals surface area contributed by atoms with E-state index in [2.05, 4.69) is 10.2 Å². The molecule has 10 heteroatoms. The highest BCUT2D eigenvalue weighted by Crippen LogP contribution is 2.33. The quantitative estimate of drug-likeness (QED) is 0.601. The standard InChI is InChI=1S/C25H23F3N4O3/c26-25(27,28)17-9-7-15(8-10-17)23(34)31-13-11-20-16(14-31)4-3-12-32(20)24(35)21-18-5-1-2-6-19(18)22(33)30-29-21/h1-2,5-10,16,20H,3-4,11-14H2,(H,30,33)/t16-,20+/m1/s1. The Kier molecular flexibility index (Phi) is 5.82. The van der Waals surface area contributed by atoms with Gasteiger partial charge < -0.3 is 9.80 Å². The SMILES string of the molecule is O=C(c1ccc(C(F)(F)F)cc1)N1CC[C@H]2[C@H](CCCN2C(=O)c2n[nH]c(=O)c3ccccc23)C1. The minimum absolute atomic E-state index is 0.0499. The summed E-state index contributed by atoms with van der Waals surface area (Å²) in [6.07, 6.45) is -2.30. The predicted molar refractivity (Wildman–Crippen MR) is 122 cm³/mol. The number of aromatic amines is 1. The van der Waals surface area contributed by atoms with Gasteiger partial charge in [-0.25, -0.2) is 5.10 Å². The number of carbonyl (C=O) groups is 2. The summed E-state index contributed by atoms with van der Waals surface area (Å²) >= 11 is 0. The highest BCUT2D eigenvalue weighted by Gasteiger charge is 2.40. The molecular formula is C25H23F3N4O3. The number of nitrogens with zero attached hydrogens (tertiary/aromatic N) is 3. The van der Waals surface area contributed by atoms with Crippen molar-refractivity contribution in [1.29, 1.82) is 0 Å². The Morgan fingerprint density at radius 3 is 2.37 bits per heavy atom. The summed E-state index contributed by atoms with van der Waals surface area (Å²) in [6, 6.07) is 11.0. The van der Waals surface area contributed by atoms with E-state index in [0.717, 1.165) is 25.0 Å². The predicted octanol–water partition coefficient (Wildman–Crippen LogP) is 3.71. The van der Waals surface area contributed by atoms with E-state index < -0.39 is 11.7 Å². The number of piperidine rings is 2. The van der Waals surface area contributed by atoms with Crippen molar-refractivity contribution in [3.05, 3.63) is 75.7 Å². The van der Waals surface area contributed by atoms with Gasteiger partial charge in [-0.3, -0.25) is 14.4 Å². The summed E-state index contributed by atoms with van der Waals surface area (Å²) in [5.74, 6) is -0.516. The van der Waals surface area contributed by atoms with Gasteiger partial charge in [-0.15, -0.1) is 0 Å². The molecule has 2 atom stereocenters. The number of nitrogens with one attached hydrogen (secondary N) is 1. The molecule has 1 N–H and O–H groups in total. The van der Waals surface area contributed by atoms with Crippen LogP contribution in [0.3, 0.4) is 0 Å². The first-order valence-corrected chi connectivity index (χ1v) is 11.5. The van der Waals surface area contributed by atoms with Crippen molar-refractivity contribution in [2.24, 2.45) is 5.92 Å². The number of rotatable bonds is 2. The van der Waals surface area contributed by atoms with Gasteiger partial charge >= 0.3 is 6.18 Å². The smallest absolute Gasteiger partial charge is 0.338 e. The zero-order valence-electron chi connectivity index (χ0n) is 18.7. The van der Waals surface area contributed by atoms with Crippen LogP contribution in [0.25, 0.3) is 10.8 Å². The molecule has 2 aliphatic heterocycles.